The molecule has 1 nitrogen and oxygen atoms in total. The minimum Gasteiger partial charge on any atom is -0.393 e. The third-order valence-electron chi connectivity index (χ3n) is 2.89. The lowest BCUT2D eigenvalue weighted by atomic mass is 10.0. The van der Waals surface area contributed by atoms with E-state index in [0.717, 1.165) is 27.9 Å². The maximum Gasteiger partial charge on any atom is 0.0571 e. The normalized spacial score (nSPS) is 17.8. The molecule has 0 radical (unpaired) electrons. The van der Waals surface area contributed by atoms with Gasteiger partial charge < -0.3 is 5.11 Å². The summed E-state index contributed by atoms with van der Waals surface area (Å²) in [6.45, 7) is 0. The predicted octanol–water partition coefficient (Wildman–Crippen LogP) is 3.81. The van der Waals surface area contributed by atoms with Gasteiger partial charge in [-0.05, 0) is 49.3 Å². The van der Waals surface area contributed by atoms with E-state index in [0.29, 0.717) is 5.92 Å². The smallest absolute Gasteiger partial charge is 0.0571 e. The first-order valence-corrected chi connectivity index (χ1v) is 6.46. The summed E-state index contributed by atoms with van der Waals surface area (Å²) in [7, 11) is 0. The van der Waals surface area contributed by atoms with Crippen LogP contribution in [-0.2, 0) is 6.42 Å². The summed E-state index contributed by atoms with van der Waals surface area (Å²) >= 11 is 9.47. The van der Waals surface area contributed by atoms with Crippen molar-refractivity contribution in [3.8, 4) is 0 Å². The standard InChI is InChI=1S/C12H14BrClO/c13-10-5-3-8(11(14)7-10)4-6-12(15)9-1-2-9/h3,5,7,9,12,15H,1-2,4,6H2. The van der Waals surface area contributed by atoms with Gasteiger partial charge in [0.05, 0.1) is 6.10 Å². The highest BCUT2D eigenvalue weighted by Gasteiger charge is 2.29. The van der Waals surface area contributed by atoms with Crippen LogP contribution in [-0.4, -0.2) is 11.2 Å². The van der Waals surface area contributed by atoms with E-state index in [4.69, 9.17) is 11.6 Å². The van der Waals surface area contributed by atoms with Crippen LogP contribution in [0, 0.1) is 5.92 Å². The first-order chi connectivity index (χ1) is 7.16. The molecular formula is C12H14BrClO. The van der Waals surface area contributed by atoms with Crippen LogP contribution in [0.1, 0.15) is 24.8 Å². The Morgan fingerprint density at radius 3 is 2.80 bits per heavy atom. The summed E-state index contributed by atoms with van der Waals surface area (Å²) in [5, 5.41) is 10.5. The Bertz CT molecular complexity index is 349. The van der Waals surface area contributed by atoms with E-state index >= 15 is 0 Å². The number of rotatable bonds is 4. The van der Waals surface area contributed by atoms with Gasteiger partial charge in [0.1, 0.15) is 0 Å². The molecule has 15 heavy (non-hydrogen) atoms. The van der Waals surface area contributed by atoms with E-state index in [1.807, 2.05) is 18.2 Å². The van der Waals surface area contributed by atoms with Crippen molar-refractivity contribution >= 4 is 27.5 Å². The van der Waals surface area contributed by atoms with E-state index in [-0.39, 0.29) is 6.10 Å². The van der Waals surface area contributed by atoms with E-state index in [1.54, 1.807) is 0 Å². The van der Waals surface area contributed by atoms with Crippen LogP contribution in [0.2, 0.25) is 5.02 Å². The summed E-state index contributed by atoms with van der Waals surface area (Å²) in [5.41, 5.74) is 1.12. The third-order valence-corrected chi connectivity index (χ3v) is 3.74. The van der Waals surface area contributed by atoms with Crippen molar-refractivity contribution in [1.29, 1.82) is 0 Å². The first kappa shape index (κ1) is 11.4. The molecule has 0 heterocycles. The van der Waals surface area contributed by atoms with Gasteiger partial charge >= 0.3 is 0 Å². The SMILES string of the molecule is OC(CCc1ccc(Br)cc1Cl)C1CC1. The topological polar surface area (TPSA) is 20.2 Å². The molecular weight excluding hydrogens is 275 g/mol. The lowest BCUT2D eigenvalue weighted by Crippen LogP contribution is -2.10. The quantitative estimate of drug-likeness (QED) is 0.894. The van der Waals surface area contributed by atoms with E-state index in [2.05, 4.69) is 15.9 Å². The fourth-order valence-electron chi connectivity index (χ4n) is 1.74. The van der Waals surface area contributed by atoms with Gasteiger partial charge in [-0.25, -0.2) is 0 Å². The van der Waals surface area contributed by atoms with E-state index in [1.165, 1.54) is 12.8 Å². The molecule has 0 aromatic heterocycles. The Labute approximate surface area is 104 Å². The maximum atomic E-state index is 9.74. The van der Waals surface area contributed by atoms with Crippen LogP contribution in [0.3, 0.4) is 0 Å². The molecule has 3 heteroatoms. The Hall–Kier alpha value is -0.0500. The fourth-order valence-corrected chi connectivity index (χ4v) is 2.51. The van der Waals surface area contributed by atoms with Gasteiger partial charge in [-0.1, -0.05) is 33.6 Å². The molecule has 1 atom stereocenters. The monoisotopic (exact) mass is 288 g/mol. The van der Waals surface area contributed by atoms with Gasteiger partial charge in [-0.3, -0.25) is 0 Å². The largest absolute Gasteiger partial charge is 0.393 e. The molecule has 1 aromatic carbocycles. The molecule has 1 aliphatic carbocycles. The molecule has 0 aliphatic heterocycles. The number of aliphatic hydroxyl groups is 1. The second kappa shape index (κ2) is 4.86. The van der Waals surface area contributed by atoms with Crippen LogP contribution in [0.25, 0.3) is 0 Å². The molecule has 0 bridgehead atoms. The molecule has 1 fully saturated rings. The predicted molar refractivity (Wildman–Crippen MR) is 66.2 cm³/mol. The van der Waals surface area contributed by atoms with Crippen molar-refractivity contribution in [2.45, 2.75) is 31.8 Å². The zero-order valence-corrected chi connectivity index (χ0v) is 10.8. The number of aliphatic hydroxyl groups excluding tert-OH is 1. The van der Waals surface area contributed by atoms with Gasteiger partial charge in [0.15, 0.2) is 0 Å². The third kappa shape index (κ3) is 3.20. The zero-order valence-electron chi connectivity index (χ0n) is 8.42. The minimum atomic E-state index is -0.135. The molecule has 0 spiro atoms. The van der Waals surface area contributed by atoms with Gasteiger partial charge in [0.2, 0.25) is 0 Å². The highest BCUT2D eigenvalue weighted by molar-refractivity contribution is 9.10. The summed E-state index contributed by atoms with van der Waals surface area (Å²) in [6, 6.07) is 5.91. The average Bonchev–Trinajstić information content (AvgIpc) is 2.99. The number of hydrogen-bond acceptors (Lipinski definition) is 1. The molecule has 82 valence electrons. The second-order valence-corrected chi connectivity index (χ2v) is 5.50. The molecule has 0 amide bonds. The van der Waals surface area contributed by atoms with Crippen molar-refractivity contribution in [3.63, 3.8) is 0 Å². The van der Waals surface area contributed by atoms with E-state index < -0.39 is 0 Å². The van der Waals surface area contributed by atoms with Crippen molar-refractivity contribution in [3.05, 3.63) is 33.3 Å². The Morgan fingerprint density at radius 2 is 2.20 bits per heavy atom. The molecule has 1 aromatic rings. The van der Waals surface area contributed by atoms with Gasteiger partial charge in [0, 0.05) is 9.50 Å². The fraction of sp³-hybridized carbons (Fsp3) is 0.500. The van der Waals surface area contributed by atoms with Crippen molar-refractivity contribution < 1.29 is 5.11 Å². The maximum absolute atomic E-state index is 9.74. The van der Waals surface area contributed by atoms with Crippen molar-refractivity contribution in [1.82, 2.24) is 0 Å². The molecule has 2 rings (SSSR count). The number of hydrogen-bond donors (Lipinski definition) is 1. The highest BCUT2D eigenvalue weighted by Crippen LogP contribution is 2.34. The van der Waals surface area contributed by atoms with Crippen LogP contribution in [0.15, 0.2) is 22.7 Å². The summed E-state index contributed by atoms with van der Waals surface area (Å²) in [6.07, 6.45) is 3.94. The highest BCUT2D eigenvalue weighted by atomic mass is 79.9. The first-order valence-electron chi connectivity index (χ1n) is 5.29. The Kier molecular flexibility index (Phi) is 3.70. The van der Waals surface area contributed by atoms with Crippen LogP contribution in [0.4, 0.5) is 0 Å². The zero-order chi connectivity index (χ0) is 10.8. The Morgan fingerprint density at radius 1 is 1.47 bits per heavy atom. The summed E-state index contributed by atoms with van der Waals surface area (Å²) in [4.78, 5) is 0. The van der Waals surface area contributed by atoms with Crippen LogP contribution >= 0.6 is 27.5 Å². The molecule has 1 unspecified atom stereocenters. The Balaban J connectivity index is 1.92. The molecule has 1 N–H and O–H groups in total. The summed E-state index contributed by atoms with van der Waals surface area (Å²) in [5.74, 6) is 0.555. The van der Waals surface area contributed by atoms with Gasteiger partial charge in [-0.15, -0.1) is 0 Å². The second-order valence-electron chi connectivity index (χ2n) is 4.18. The lowest BCUT2D eigenvalue weighted by Gasteiger charge is -2.09. The number of halogens is 2. The summed E-state index contributed by atoms with van der Waals surface area (Å²) < 4.78 is 0.999. The number of benzene rings is 1. The van der Waals surface area contributed by atoms with Gasteiger partial charge in [-0.2, -0.15) is 0 Å². The lowest BCUT2D eigenvalue weighted by molar-refractivity contribution is 0.142. The van der Waals surface area contributed by atoms with Crippen LogP contribution in [0.5, 0.6) is 0 Å². The van der Waals surface area contributed by atoms with E-state index in [9.17, 15) is 5.11 Å². The van der Waals surface area contributed by atoms with Crippen molar-refractivity contribution in [2.75, 3.05) is 0 Å². The molecule has 0 saturated heterocycles. The number of aryl methyl sites for hydroxylation is 1. The van der Waals surface area contributed by atoms with Gasteiger partial charge in [0.25, 0.3) is 0 Å². The molecule has 1 aliphatic rings. The minimum absolute atomic E-state index is 0.135. The van der Waals surface area contributed by atoms with Crippen LogP contribution < -0.4 is 0 Å². The van der Waals surface area contributed by atoms with Crippen molar-refractivity contribution in [2.24, 2.45) is 5.92 Å². The average molecular weight is 290 g/mol. The molecule has 1 saturated carbocycles.